The molecule has 0 bridgehead atoms. The Kier molecular flexibility index (Phi) is 13.6. The Morgan fingerprint density at radius 2 is 1.55 bits per heavy atom. The molecule has 2 heteroatoms. The highest BCUT2D eigenvalue weighted by Crippen LogP contribution is 2.12. The van der Waals surface area contributed by atoms with Gasteiger partial charge in [-0.2, -0.15) is 0 Å². The summed E-state index contributed by atoms with van der Waals surface area (Å²) in [5.41, 5.74) is 0. The van der Waals surface area contributed by atoms with Gasteiger partial charge in [-0.05, 0) is 12.8 Å². The molecule has 0 saturated carbocycles. The van der Waals surface area contributed by atoms with Crippen LogP contribution in [-0.4, -0.2) is 5.97 Å². The van der Waals surface area contributed by atoms with E-state index in [1.807, 2.05) is 6.08 Å². The second-order valence-corrected chi connectivity index (χ2v) is 5.38. The van der Waals surface area contributed by atoms with Crippen LogP contribution < -0.4 is 0 Å². The zero-order chi connectivity index (χ0) is 15.1. The molecule has 20 heavy (non-hydrogen) atoms. The monoisotopic (exact) mass is 280 g/mol. The lowest BCUT2D eigenvalue weighted by Crippen LogP contribution is -2.00. The zero-order valence-electron chi connectivity index (χ0n) is 13.5. The Balaban J connectivity index is 3.42. The smallest absolute Gasteiger partial charge is 0.335 e. The van der Waals surface area contributed by atoms with Crippen LogP contribution in [0.3, 0.4) is 0 Å². The highest BCUT2D eigenvalue weighted by molar-refractivity contribution is 5.82. The second-order valence-electron chi connectivity index (χ2n) is 5.38. The first-order valence-electron chi connectivity index (χ1n) is 8.26. The highest BCUT2D eigenvalue weighted by Gasteiger charge is 2.01. The summed E-state index contributed by atoms with van der Waals surface area (Å²) in [4.78, 5) is 11.4. The minimum atomic E-state index is -0.289. The summed E-state index contributed by atoms with van der Waals surface area (Å²) in [7, 11) is 0. The molecular formula is C18H32O2. The molecule has 0 fully saturated rings. The molecule has 0 spiro atoms. The molecule has 0 amide bonds. The molecule has 0 aromatic rings. The van der Waals surface area contributed by atoms with Crippen molar-refractivity contribution in [1.82, 2.24) is 0 Å². The molecule has 0 rings (SSSR count). The summed E-state index contributed by atoms with van der Waals surface area (Å²) in [6.45, 7) is 8.12. The molecule has 0 saturated heterocycles. The average Bonchev–Trinajstić information content (AvgIpc) is 2.42. The number of allylic oxidation sites excluding steroid dienone is 2. The minimum absolute atomic E-state index is 0.289. The van der Waals surface area contributed by atoms with Gasteiger partial charge in [-0.1, -0.05) is 77.9 Å². The standard InChI is InChI=1S/C18H32O2/c1-4-6-8-9-10-11-12-14-15-17(3)20-18(19)16-13-7-5-2/h13,16H,3-12,14-15H2,1-2H3/b16-13+. The van der Waals surface area contributed by atoms with Crippen molar-refractivity contribution in [3.05, 3.63) is 24.5 Å². The van der Waals surface area contributed by atoms with Gasteiger partial charge in [-0.15, -0.1) is 0 Å². The van der Waals surface area contributed by atoms with E-state index >= 15 is 0 Å². The van der Waals surface area contributed by atoms with E-state index in [0.717, 1.165) is 25.7 Å². The summed E-state index contributed by atoms with van der Waals surface area (Å²) in [6.07, 6.45) is 16.4. The van der Waals surface area contributed by atoms with Crippen LogP contribution in [0.5, 0.6) is 0 Å². The van der Waals surface area contributed by atoms with Crippen LogP contribution in [0.15, 0.2) is 24.5 Å². The topological polar surface area (TPSA) is 26.3 Å². The maximum absolute atomic E-state index is 11.4. The van der Waals surface area contributed by atoms with Gasteiger partial charge in [0.05, 0.1) is 0 Å². The molecule has 0 atom stereocenters. The molecular weight excluding hydrogens is 248 g/mol. The third-order valence-corrected chi connectivity index (χ3v) is 3.26. The number of carbonyl (C=O) groups excluding carboxylic acids is 1. The number of ether oxygens (including phenoxy) is 1. The van der Waals surface area contributed by atoms with Crippen molar-refractivity contribution in [2.75, 3.05) is 0 Å². The van der Waals surface area contributed by atoms with Crippen molar-refractivity contribution in [2.45, 2.75) is 84.5 Å². The minimum Gasteiger partial charge on any atom is -0.429 e. The van der Waals surface area contributed by atoms with Crippen molar-refractivity contribution in [3.63, 3.8) is 0 Å². The largest absolute Gasteiger partial charge is 0.429 e. The Morgan fingerprint density at radius 3 is 2.15 bits per heavy atom. The Morgan fingerprint density at radius 1 is 0.950 bits per heavy atom. The quantitative estimate of drug-likeness (QED) is 0.181. The Labute approximate surface area is 125 Å². The molecule has 2 nitrogen and oxygen atoms in total. The van der Waals surface area contributed by atoms with Crippen LogP contribution in [0, 0.1) is 0 Å². The van der Waals surface area contributed by atoms with E-state index in [0.29, 0.717) is 5.76 Å². The maximum Gasteiger partial charge on any atom is 0.335 e. The van der Waals surface area contributed by atoms with E-state index in [1.165, 1.54) is 51.0 Å². The predicted molar refractivity (Wildman–Crippen MR) is 86.5 cm³/mol. The number of rotatable bonds is 13. The third-order valence-electron chi connectivity index (χ3n) is 3.26. The second kappa shape index (κ2) is 14.4. The average molecular weight is 280 g/mol. The highest BCUT2D eigenvalue weighted by atomic mass is 16.5. The van der Waals surface area contributed by atoms with Crippen LogP contribution >= 0.6 is 0 Å². The molecule has 0 radical (unpaired) electrons. The number of esters is 1. The lowest BCUT2D eigenvalue weighted by Gasteiger charge is -2.05. The predicted octanol–water partition coefficient (Wildman–Crippen LogP) is 5.93. The molecule has 0 unspecified atom stereocenters. The maximum atomic E-state index is 11.4. The number of carbonyl (C=O) groups is 1. The molecule has 0 aliphatic rings. The van der Waals surface area contributed by atoms with Crippen LogP contribution in [0.25, 0.3) is 0 Å². The van der Waals surface area contributed by atoms with Crippen molar-refractivity contribution in [1.29, 1.82) is 0 Å². The number of hydrogen-bond acceptors (Lipinski definition) is 2. The molecule has 0 aromatic carbocycles. The fourth-order valence-corrected chi connectivity index (χ4v) is 2.03. The fraction of sp³-hybridized carbons (Fsp3) is 0.722. The van der Waals surface area contributed by atoms with Gasteiger partial charge < -0.3 is 4.74 Å². The number of hydrogen-bond donors (Lipinski definition) is 0. The first kappa shape index (κ1) is 18.9. The molecule has 0 heterocycles. The first-order valence-corrected chi connectivity index (χ1v) is 8.26. The van der Waals surface area contributed by atoms with Gasteiger partial charge in [0.25, 0.3) is 0 Å². The van der Waals surface area contributed by atoms with Gasteiger partial charge >= 0.3 is 5.97 Å². The Hall–Kier alpha value is -1.05. The fourth-order valence-electron chi connectivity index (χ4n) is 2.03. The van der Waals surface area contributed by atoms with Gasteiger partial charge in [0.1, 0.15) is 5.76 Å². The summed E-state index contributed by atoms with van der Waals surface area (Å²) >= 11 is 0. The van der Waals surface area contributed by atoms with Gasteiger partial charge in [-0.25, -0.2) is 4.79 Å². The van der Waals surface area contributed by atoms with E-state index in [2.05, 4.69) is 20.4 Å². The van der Waals surface area contributed by atoms with Crippen molar-refractivity contribution in [2.24, 2.45) is 0 Å². The zero-order valence-corrected chi connectivity index (χ0v) is 13.5. The van der Waals surface area contributed by atoms with E-state index in [-0.39, 0.29) is 5.97 Å². The molecule has 0 N–H and O–H groups in total. The lowest BCUT2D eigenvalue weighted by molar-refractivity contribution is -0.134. The van der Waals surface area contributed by atoms with Crippen LogP contribution in [0.4, 0.5) is 0 Å². The van der Waals surface area contributed by atoms with Crippen molar-refractivity contribution in [3.8, 4) is 0 Å². The first-order chi connectivity index (χ1) is 9.70. The SMILES string of the molecule is C=C(CCCCCCCCCC)OC(=O)/C=C/CCC. The van der Waals surface area contributed by atoms with E-state index < -0.39 is 0 Å². The van der Waals surface area contributed by atoms with Crippen molar-refractivity contribution >= 4 is 5.97 Å². The van der Waals surface area contributed by atoms with Crippen LogP contribution in [-0.2, 0) is 9.53 Å². The van der Waals surface area contributed by atoms with Gasteiger partial charge in [0, 0.05) is 12.5 Å². The van der Waals surface area contributed by atoms with E-state index in [1.54, 1.807) is 0 Å². The molecule has 0 aliphatic carbocycles. The normalized spacial score (nSPS) is 10.9. The van der Waals surface area contributed by atoms with Crippen molar-refractivity contribution < 1.29 is 9.53 Å². The van der Waals surface area contributed by atoms with E-state index in [9.17, 15) is 4.79 Å². The lowest BCUT2D eigenvalue weighted by atomic mass is 10.1. The molecule has 0 aliphatic heterocycles. The summed E-state index contributed by atoms with van der Waals surface area (Å²) in [5.74, 6) is 0.310. The van der Waals surface area contributed by atoms with Gasteiger partial charge in [0.15, 0.2) is 0 Å². The Bertz CT molecular complexity index is 279. The number of unbranched alkanes of at least 4 members (excludes halogenated alkanes) is 8. The van der Waals surface area contributed by atoms with Crippen LogP contribution in [0.1, 0.15) is 84.5 Å². The molecule has 116 valence electrons. The van der Waals surface area contributed by atoms with Gasteiger partial charge in [0.2, 0.25) is 0 Å². The summed E-state index contributed by atoms with van der Waals surface area (Å²) in [6, 6.07) is 0. The summed E-state index contributed by atoms with van der Waals surface area (Å²) in [5, 5.41) is 0. The van der Waals surface area contributed by atoms with E-state index in [4.69, 9.17) is 4.74 Å². The summed E-state index contributed by atoms with van der Waals surface area (Å²) < 4.78 is 5.14. The third kappa shape index (κ3) is 13.4. The van der Waals surface area contributed by atoms with Crippen LogP contribution in [0.2, 0.25) is 0 Å². The molecule has 0 aromatic heterocycles. The van der Waals surface area contributed by atoms with Gasteiger partial charge in [-0.3, -0.25) is 0 Å².